The first-order valence-corrected chi connectivity index (χ1v) is 6.90. The zero-order valence-corrected chi connectivity index (χ0v) is 12.0. The van der Waals surface area contributed by atoms with Crippen molar-refractivity contribution in [2.75, 3.05) is 0 Å². The summed E-state index contributed by atoms with van der Waals surface area (Å²) in [5.41, 5.74) is 1.49. The van der Waals surface area contributed by atoms with Gasteiger partial charge in [0.25, 0.3) is 0 Å². The van der Waals surface area contributed by atoms with Gasteiger partial charge in [0, 0.05) is 29.9 Å². The normalized spacial score (nSPS) is 13.0. The fraction of sp³-hybridized carbons (Fsp3) is 0.333. The minimum atomic E-state index is -4.45. The second-order valence-corrected chi connectivity index (χ2v) is 5.14. The first kappa shape index (κ1) is 16.9. The number of carbonyl (C=O) groups is 2. The van der Waals surface area contributed by atoms with E-state index in [1.165, 1.54) is 0 Å². The highest BCUT2D eigenvalue weighted by Crippen LogP contribution is 2.22. The number of halogens is 3. The quantitative estimate of drug-likeness (QED) is 0.762. The van der Waals surface area contributed by atoms with Crippen molar-refractivity contribution in [3.63, 3.8) is 0 Å². The van der Waals surface area contributed by atoms with Crippen molar-refractivity contribution in [1.82, 2.24) is 10.3 Å². The Morgan fingerprint density at radius 2 is 1.96 bits per heavy atom. The second kappa shape index (κ2) is 6.72. The fourth-order valence-corrected chi connectivity index (χ4v) is 2.24. The number of carboxylic acids is 1. The number of H-pyrrole nitrogens is 1. The van der Waals surface area contributed by atoms with Crippen LogP contribution in [0.4, 0.5) is 13.2 Å². The maximum atomic E-state index is 12.1. The lowest BCUT2D eigenvalue weighted by Gasteiger charge is -2.14. The maximum Gasteiger partial charge on any atom is 0.389 e. The van der Waals surface area contributed by atoms with Crippen LogP contribution in [0.3, 0.4) is 0 Å². The Morgan fingerprint density at radius 1 is 1.26 bits per heavy atom. The van der Waals surface area contributed by atoms with Gasteiger partial charge in [-0.1, -0.05) is 18.2 Å². The number of carbonyl (C=O) groups excluding carboxylic acids is 1. The summed E-state index contributed by atoms with van der Waals surface area (Å²) in [5.74, 6) is -2.23. The summed E-state index contributed by atoms with van der Waals surface area (Å²) in [4.78, 5) is 25.7. The van der Waals surface area contributed by atoms with Crippen molar-refractivity contribution in [2.24, 2.45) is 0 Å². The standard InChI is InChI=1S/C15H15F3N2O3/c16-15(17,18)6-5-13(21)20-12(14(22)23)7-9-8-19-11-4-2-1-3-10(9)11/h1-4,8,12,19H,5-7H2,(H,20,21)(H,22,23). The summed E-state index contributed by atoms with van der Waals surface area (Å²) >= 11 is 0. The number of para-hydroxylation sites is 1. The monoisotopic (exact) mass is 328 g/mol. The molecule has 2 rings (SSSR count). The molecule has 1 atom stereocenters. The van der Waals surface area contributed by atoms with E-state index < -0.39 is 36.9 Å². The molecule has 0 aliphatic rings. The summed E-state index contributed by atoms with van der Waals surface area (Å²) in [7, 11) is 0. The first-order chi connectivity index (χ1) is 10.8. The van der Waals surface area contributed by atoms with Crippen LogP contribution in [0.25, 0.3) is 10.9 Å². The number of nitrogens with one attached hydrogen (secondary N) is 2. The highest BCUT2D eigenvalue weighted by atomic mass is 19.4. The molecule has 0 spiro atoms. The van der Waals surface area contributed by atoms with E-state index in [0.29, 0.717) is 5.56 Å². The molecule has 0 saturated carbocycles. The molecule has 3 N–H and O–H groups in total. The molecule has 5 nitrogen and oxygen atoms in total. The van der Waals surface area contributed by atoms with Gasteiger partial charge in [-0.15, -0.1) is 0 Å². The van der Waals surface area contributed by atoms with Crippen molar-refractivity contribution in [1.29, 1.82) is 0 Å². The van der Waals surface area contributed by atoms with Gasteiger partial charge in [-0.3, -0.25) is 4.79 Å². The van der Waals surface area contributed by atoms with E-state index in [4.69, 9.17) is 0 Å². The van der Waals surface area contributed by atoms with Crippen molar-refractivity contribution in [2.45, 2.75) is 31.5 Å². The molecule has 1 amide bonds. The van der Waals surface area contributed by atoms with Gasteiger partial charge < -0.3 is 15.4 Å². The molecule has 1 aromatic carbocycles. The predicted molar refractivity (Wildman–Crippen MR) is 76.9 cm³/mol. The molecule has 1 aromatic heterocycles. The molecular weight excluding hydrogens is 313 g/mol. The van der Waals surface area contributed by atoms with E-state index in [0.717, 1.165) is 10.9 Å². The van der Waals surface area contributed by atoms with Crippen LogP contribution in [0.1, 0.15) is 18.4 Å². The third kappa shape index (κ3) is 4.73. The minimum Gasteiger partial charge on any atom is -0.480 e. The Balaban J connectivity index is 2.04. The van der Waals surface area contributed by atoms with Crippen LogP contribution in [-0.4, -0.2) is 34.2 Å². The van der Waals surface area contributed by atoms with Gasteiger partial charge >= 0.3 is 12.1 Å². The summed E-state index contributed by atoms with van der Waals surface area (Å²) < 4.78 is 36.3. The summed E-state index contributed by atoms with van der Waals surface area (Å²) in [6.07, 6.45) is -4.91. The number of benzene rings is 1. The molecule has 2 aromatic rings. The average Bonchev–Trinajstić information content (AvgIpc) is 2.87. The number of alkyl halides is 3. The molecule has 0 aliphatic heterocycles. The molecule has 0 radical (unpaired) electrons. The first-order valence-electron chi connectivity index (χ1n) is 6.90. The summed E-state index contributed by atoms with van der Waals surface area (Å²) in [6.45, 7) is 0. The lowest BCUT2D eigenvalue weighted by atomic mass is 10.0. The van der Waals surface area contributed by atoms with E-state index in [9.17, 15) is 27.9 Å². The topological polar surface area (TPSA) is 82.2 Å². The molecule has 8 heteroatoms. The lowest BCUT2D eigenvalue weighted by Crippen LogP contribution is -2.42. The van der Waals surface area contributed by atoms with Crippen LogP contribution in [0.5, 0.6) is 0 Å². The van der Waals surface area contributed by atoms with Crippen LogP contribution >= 0.6 is 0 Å². The maximum absolute atomic E-state index is 12.1. The molecule has 23 heavy (non-hydrogen) atoms. The minimum absolute atomic E-state index is 0.0168. The van der Waals surface area contributed by atoms with E-state index in [1.807, 2.05) is 12.1 Å². The van der Waals surface area contributed by atoms with E-state index in [1.54, 1.807) is 18.3 Å². The third-order valence-corrected chi connectivity index (χ3v) is 3.37. The lowest BCUT2D eigenvalue weighted by molar-refractivity contribution is -0.146. The number of hydrogen-bond donors (Lipinski definition) is 3. The SMILES string of the molecule is O=C(CCC(F)(F)F)NC(Cc1c[nH]c2ccccc12)C(=O)O. The number of rotatable bonds is 6. The zero-order valence-electron chi connectivity index (χ0n) is 12.0. The second-order valence-electron chi connectivity index (χ2n) is 5.14. The van der Waals surface area contributed by atoms with Gasteiger partial charge in [0.1, 0.15) is 6.04 Å². The van der Waals surface area contributed by atoms with Crippen LogP contribution in [-0.2, 0) is 16.0 Å². The predicted octanol–water partition coefficient (Wildman–Crippen LogP) is 2.62. The molecule has 0 saturated heterocycles. The molecular formula is C15H15F3N2O3. The van der Waals surface area contributed by atoms with Crippen molar-refractivity contribution >= 4 is 22.8 Å². The van der Waals surface area contributed by atoms with Crippen molar-refractivity contribution in [3.05, 3.63) is 36.0 Å². The molecule has 0 aliphatic carbocycles. The van der Waals surface area contributed by atoms with Gasteiger partial charge in [0.05, 0.1) is 6.42 Å². The number of carboxylic acid groups (broad SMARTS) is 1. The number of fused-ring (bicyclic) bond motifs is 1. The van der Waals surface area contributed by atoms with Crippen molar-refractivity contribution < 1.29 is 27.9 Å². The Kier molecular flexibility index (Phi) is 4.92. The average molecular weight is 328 g/mol. The van der Waals surface area contributed by atoms with Gasteiger partial charge in [0.2, 0.25) is 5.91 Å². The molecule has 0 bridgehead atoms. The van der Waals surface area contributed by atoms with Crippen LogP contribution in [0, 0.1) is 0 Å². The molecule has 0 fully saturated rings. The van der Waals surface area contributed by atoms with E-state index in [2.05, 4.69) is 10.3 Å². The highest BCUT2D eigenvalue weighted by molar-refractivity contribution is 5.86. The number of amides is 1. The summed E-state index contributed by atoms with van der Waals surface area (Å²) in [6, 6.07) is 5.94. The zero-order chi connectivity index (χ0) is 17.0. The number of aromatic amines is 1. The Hall–Kier alpha value is -2.51. The van der Waals surface area contributed by atoms with E-state index >= 15 is 0 Å². The highest BCUT2D eigenvalue weighted by Gasteiger charge is 2.29. The Bertz CT molecular complexity index is 709. The van der Waals surface area contributed by atoms with Gasteiger partial charge in [0.15, 0.2) is 0 Å². The van der Waals surface area contributed by atoms with Crippen LogP contribution in [0.15, 0.2) is 30.5 Å². The van der Waals surface area contributed by atoms with Crippen LogP contribution in [0.2, 0.25) is 0 Å². The van der Waals surface area contributed by atoms with Gasteiger partial charge in [-0.2, -0.15) is 13.2 Å². The number of aromatic nitrogens is 1. The Morgan fingerprint density at radius 3 is 2.61 bits per heavy atom. The number of hydrogen-bond acceptors (Lipinski definition) is 2. The third-order valence-electron chi connectivity index (χ3n) is 3.37. The largest absolute Gasteiger partial charge is 0.480 e. The van der Waals surface area contributed by atoms with Crippen LogP contribution < -0.4 is 5.32 Å². The van der Waals surface area contributed by atoms with E-state index in [-0.39, 0.29) is 6.42 Å². The van der Waals surface area contributed by atoms with Gasteiger partial charge in [-0.05, 0) is 11.6 Å². The van der Waals surface area contributed by atoms with Gasteiger partial charge in [-0.25, -0.2) is 4.79 Å². The Labute approximate surface area is 129 Å². The summed E-state index contributed by atoms with van der Waals surface area (Å²) in [5, 5.41) is 12.1. The van der Waals surface area contributed by atoms with Crippen molar-refractivity contribution in [3.8, 4) is 0 Å². The fourth-order valence-electron chi connectivity index (χ4n) is 2.24. The number of aliphatic carboxylic acids is 1. The smallest absolute Gasteiger partial charge is 0.389 e. The molecule has 1 unspecified atom stereocenters. The molecule has 124 valence electrons. The molecule has 1 heterocycles.